The lowest BCUT2D eigenvalue weighted by Gasteiger charge is -2.59. The SMILES string of the molecule is CC1(C)[C@H]2CC3=C([C@H]4C[C@H]3[C@H](S(=O)(=O)c3ccccc3)[C@H]4S(=O)(=O)c3ccccc3)[C@H]1C2. The number of sulfone groups is 2. The van der Waals surface area contributed by atoms with E-state index >= 15 is 0 Å². The summed E-state index contributed by atoms with van der Waals surface area (Å²) in [5.41, 5.74) is 2.75. The van der Waals surface area contributed by atoms with E-state index in [1.165, 1.54) is 11.1 Å². The van der Waals surface area contributed by atoms with E-state index in [0.29, 0.717) is 18.3 Å². The van der Waals surface area contributed by atoms with E-state index in [1.807, 2.05) is 0 Å². The van der Waals surface area contributed by atoms with Crippen molar-refractivity contribution >= 4 is 19.7 Å². The van der Waals surface area contributed by atoms with Gasteiger partial charge in [0.05, 0.1) is 20.3 Å². The second-order valence-corrected chi connectivity index (χ2v) is 14.8. The molecule has 5 aliphatic carbocycles. The van der Waals surface area contributed by atoms with Crippen molar-refractivity contribution in [2.75, 3.05) is 0 Å². The first kappa shape index (κ1) is 20.7. The zero-order valence-corrected chi connectivity index (χ0v) is 19.9. The Morgan fingerprint density at radius 3 is 1.72 bits per heavy atom. The number of fused-ring (bicyclic) bond motifs is 2. The summed E-state index contributed by atoms with van der Waals surface area (Å²) >= 11 is 0. The summed E-state index contributed by atoms with van der Waals surface area (Å²) in [5.74, 6) is 0.578. The van der Waals surface area contributed by atoms with E-state index in [9.17, 15) is 16.8 Å². The lowest BCUT2D eigenvalue weighted by atomic mass is 9.46. The van der Waals surface area contributed by atoms with Gasteiger partial charge in [0.25, 0.3) is 0 Å². The zero-order valence-electron chi connectivity index (χ0n) is 18.3. The topological polar surface area (TPSA) is 68.3 Å². The molecule has 0 aromatic heterocycles. The van der Waals surface area contributed by atoms with Crippen LogP contribution in [-0.4, -0.2) is 27.3 Å². The molecule has 2 saturated carbocycles. The highest BCUT2D eigenvalue weighted by molar-refractivity contribution is 7.96. The predicted molar refractivity (Wildman–Crippen MR) is 123 cm³/mol. The molecule has 4 bridgehead atoms. The Labute approximate surface area is 190 Å². The molecule has 0 unspecified atom stereocenters. The first-order valence-corrected chi connectivity index (χ1v) is 14.5. The second-order valence-electron chi connectivity index (χ2n) is 10.6. The molecule has 6 heteroatoms. The number of allylic oxidation sites excluding steroid dienone is 2. The zero-order chi connectivity index (χ0) is 22.5. The lowest BCUT2D eigenvalue weighted by molar-refractivity contribution is -0.0165. The Hall–Kier alpha value is -1.92. The maximum Gasteiger partial charge on any atom is 0.183 e. The maximum atomic E-state index is 14.0. The van der Waals surface area contributed by atoms with E-state index in [1.54, 1.807) is 60.7 Å². The van der Waals surface area contributed by atoms with Gasteiger partial charge >= 0.3 is 0 Å². The van der Waals surface area contributed by atoms with Crippen LogP contribution in [0.25, 0.3) is 0 Å². The average molecular weight is 469 g/mol. The van der Waals surface area contributed by atoms with Gasteiger partial charge in [-0.2, -0.15) is 0 Å². The monoisotopic (exact) mass is 468 g/mol. The average Bonchev–Trinajstić information content (AvgIpc) is 3.38. The van der Waals surface area contributed by atoms with Crippen LogP contribution in [0, 0.1) is 29.1 Å². The Bertz CT molecular complexity index is 1320. The van der Waals surface area contributed by atoms with Gasteiger partial charge in [0, 0.05) is 0 Å². The quantitative estimate of drug-likeness (QED) is 0.611. The Morgan fingerprint density at radius 1 is 0.719 bits per heavy atom. The minimum absolute atomic E-state index is 0.179. The largest absolute Gasteiger partial charge is 0.223 e. The molecule has 5 aliphatic rings. The molecule has 0 amide bonds. The molecule has 0 aliphatic heterocycles. The molecule has 6 atom stereocenters. The van der Waals surface area contributed by atoms with Crippen LogP contribution in [0.4, 0.5) is 0 Å². The third-order valence-electron chi connectivity index (χ3n) is 9.02. The van der Waals surface area contributed by atoms with Crippen molar-refractivity contribution in [1.82, 2.24) is 0 Å². The van der Waals surface area contributed by atoms with Gasteiger partial charge in [-0.1, -0.05) is 61.4 Å². The van der Waals surface area contributed by atoms with Crippen molar-refractivity contribution in [2.24, 2.45) is 29.1 Å². The Morgan fingerprint density at radius 2 is 1.22 bits per heavy atom. The van der Waals surface area contributed by atoms with Crippen molar-refractivity contribution in [3.63, 3.8) is 0 Å². The van der Waals surface area contributed by atoms with E-state index in [0.717, 1.165) is 12.8 Å². The molecule has 7 rings (SSSR count). The fraction of sp³-hybridized carbons (Fsp3) is 0.462. The summed E-state index contributed by atoms with van der Waals surface area (Å²) in [5, 5.41) is -1.84. The van der Waals surface area contributed by atoms with Crippen LogP contribution in [0.2, 0.25) is 0 Å². The number of hydrogen-bond acceptors (Lipinski definition) is 4. The van der Waals surface area contributed by atoms with Gasteiger partial charge < -0.3 is 0 Å². The maximum absolute atomic E-state index is 14.0. The normalized spacial score (nSPS) is 34.8. The number of hydrogen-bond donors (Lipinski definition) is 0. The first-order chi connectivity index (χ1) is 15.1. The van der Waals surface area contributed by atoms with Gasteiger partial charge in [0.1, 0.15) is 0 Å². The smallest absolute Gasteiger partial charge is 0.183 e. The van der Waals surface area contributed by atoms with Gasteiger partial charge in [0.15, 0.2) is 19.7 Å². The summed E-state index contributed by atoms with van der Waals surface area (Å²) < 4.78 is 55.8. The molecule has 4 nitrogen and oxygen atoms in total. The summed E-state index contributed by atoms with van der Waals surface area (Å²) in [6.45, 7) is 4.58. The van der Waals surface area contributed by atoms with Gasteiger partial charge in [-0.05, 0) is 72.6 Å². The van der Waals surface area contributed by atoms with Gasteiger partial charge in [-0.25, -0.2) is 16.8 Å². The fourth-order valence-corrected chi connectivity index (χ4v) is 12.4. The summed E-state index contributed by atoms with van der Waals surface area (Å²) in [4.78, 5) is 0.462. The molecular formula is C26H28O4S2. The van der Waals surface area contributed by atoms with Crippen LogP contribution in [0.5, 0.6) is 0 Å². The molecule has 0 heterocycles. The summed E-state index contributed by atoms with van der Waals surface area (Å²) in [7, 11) is -7.62. The summed E-state index contributed by atoms with van der Waals surface area (Å²) in [6, 6.07) is 16.8. The second kappa shape index (κ2) is 6.57. The van der Waals surface area contributed by atoms with Gasteiger partial charge in [-0.15, -0.1) is 0 Å². The third-order valence-corrected chi connectivity index (χ3v) is 13.7. The minimum atomic E-state index is -3.82. The molecule has 0 radical (unpaired) electrons. The number of benzene rings is 2. The Balaban J connectivity index is 1.54. The highest BCUT2D eigenvalue weighted by Gasteiger charge is 2.67. The van der Waals surface area contributed by atoms with E-state index in [-0.39, 0.29) is 27.0 Å². The fourth-order valence-electron chi connectivity index (χ4n) is 7.32. The molecule has 0 saturated heterocycles. The summed E-state index contributed by atoms with van der Waals surface area (Å²) in [6.07, 6.45) is 2.69. The van der Waals surface area contributed by atoms with Crippen LogP contribution < -0.4 is 0 Å². The van der Waals surface area contributed by atoms with Gasteiger partial charge in [-0.3, -0.25) is 0 Å². The molecule has 2 aromatic rings. The molecule has 0 N–H and O–H groups in total. The van der Waals surface area contributed by atoms with Crippen molar-refractivity contribution in [3.8, 4) is 0 Å². The van der Waals surface area contributed by atoms with Crippen molar-refractivity contribution in [3.05, 3.63) is 71.8 Å². The molecular weight excluding hydrogens is 440 g/mol. The van der Waals surface area contributed by atoms with Crippen LogP contribution in [0.3, 0.4) is 0 Å². The standard InChI is InChI=1S/C26H28O4S2/c1-26(2)16-13-19-20-15-21(23(19)22(26)14-16)25(32(29,30)18-11-7-4-8-12-18)24(20)31(27,28)17-9-5-3-6-10-17/h3-12,16,20-22,24-25H,13-15H2,1-2H3/t16-,20+,21+,22+,24-,25-/m0/s1. The van der Waals surface area contributed by atoms with Crippen LogP contribution >= 0.6 is 0 Å². The predicted octanol–water partition coefficient (Wildman–Crippen LogP) is 4.68. The third kappa shape index (κ3) is 2.54. The lowest BCUT2D eigenvalue weighted by Crippen LogP contribution is -2.54. The molecule has 2 fully saturated rings. The van der Waals surface area contributed by atoms with E-state index in [4.69, 9.17) is 0 Å². The first-order valence-electron chi connectivity index (χ1n) is 11.5. The highest BCUT2D eigenvalue weighted by Crippen LogP contribution is 2.70. The van der Waals surface area contributed by atoms with Crippen LogP contribution in [0.15, 0.2) is 81.6 Å². The Kier molecular flexibility index (Phi) is 4.24. The molecule has 168 valence electrons. The van der Waals surface area contributed by atoms with Crippen molar-refractivity contribution in [1.29, 1.82) is 0 Å². The molecule has 32 heavy (non-hydrogen) atoms. The number of rotatable bonds is 4. The highest BCUT2D eigenvalue weighted by atomic mass is 32.2. The molecule has 2 aromatic carbocycles. The molecule has 0 spiro atoms. The van der Waals surface area contributed by atoms with Crippen LogP contribution in [0.1, 0.15) is 33.1 Å². The van der Waals surface area contributed by atoms with Crippen molar-refractivity contribution < 1.29 is 16.8 Å². The van der Waals surface area contributed by atoms with E-state index < -0.39 is 30.2 Å². The van der Waals surface area contributed by atoms with Crippen molar-refractivity contribution in [2.45, 2.75) is 53.4 Å². The minimum Gasteiger partial charge on any atom is -0.223 e. The van der Waals surface area contributed by atoms with Crippen LogP contribution in [-0.2, 0) is 19.7 Å². The van der Waals surface area contributed by atoms with Gasteiger partial charge in [0.2, 0.25) is 0 Å². The van der Waals surface area contributed by atoms with E-state index in [2.05, 4.69) is 13.8 Å².